The second-order valence-corrected chi connectivity index (χ2v) is 10.8. The van der Waals surface area contributed by atoms with Crippen LogP contribution in [0.3, 0.4) is 0 Å². The summed E-state index contributed by atoms with van der Waals surface area (Å²) in [7, 11) is 0. The van der Waals surface area contributed by atoms with Crippen LogP contribution in [0.15, 0.2) is 24.4 Å². The van der Waals surface area contributed by atoms with Gasteiger partial charge in [-0.15, -0.1) is 0 Å². The highest BCUT2D eigenvalue weighted by molar-refractivity contribution is 5.81. The summed E-state index contributed by atoms with van der Waals surface area (Å²) in [5.74, 6) is 1.37. The van der Waals surface area contributed by atoms with Gasteiger partial charge in [-0.05, 0) is 56.0 Å². The number of aryl methyl sites for hydroxylation is 1. The number of piperidine rings is 1. The number of alkyl halides is 3. The predicted octanol–water partition coefficient (Wildman–Crippen LogP) is 4.60. The number of fused-ring (bicyclic) bond motifs is 4. The monoisotopic (exact) mass is 544 g/mol. The zero-order valence-corrected chi connectivity index (χ0v) is 21.8. The number of amides is 2. The van der Waals surface area contributed by atoms with Gasteiger partial charge in [-0.25, -0.2) is 9.78 Å². The maximum atomic E-state index is 13.7. The summed E-state index contributed by atoms with van der Waals surface area (Å²) < 4.78 is 46.7. The van der Waals surface area contributed by atoms with E-state index in [1.54, 1.807) is 16.0 Å². The van der Waals surface area contributed by atoms with Gasteiger partial charge < -0.3 is 29.9 Å². The summed E-state index contributed by atoms with van der Waals surface area (Å²) in [6, 6.07) is 4.39. The number of benzene rings is 1. The molecule has 0 spiro atoms. The molecule has 0 radical (unpaired) electrons. The lowest BCUT2D eigenvalue weighted by molar-refractivity contribution is -0.277. The molecule has 3 aromatic rings. The number of aromatic nitrogens is 3. The Labute approximate surface area is 223 Å². The molecule has 12 heteroatoms. The van der Waals surface area contributed by atoms with Crippen LogP contribution < -0.4 is 10.1 Å². The fourth-order valence-corrected chi connectivity index (χ4v) is 6.28. The van der Waals surface area contributed by atoms with Gasteiger partial charge in [0.15, 0.2) is 11.2 Å². The van der Waals surface area contributed by atoms with Crippen molar-refractivity contribution in [3.63, 3.8) is 0 Å². The number of carbonyl (C=O) groups is 1. The molecular weight excluding hydrogens is 513 g/mol. The summed E-state index contributed by atoms with van der Waals surface area (Å²) in [4.78, 5) is 29.0. The maximum Gasteiger partial charge on any atom is 0.417 e. The summed E-state index contributed by atoms with van der Waals surface area (Å²) in [6.07, 6.45) is -3.01. The second kappa shape index (κ2) is 9.29. The van der Waals surface area contributed by atoms with Gasteiger partial charge in [-0.3, -0.25) is 0 Å². The largest absolute Gasteiger partial charge is 0.491 e. The number of anilines is 1. The van der Waals surface area contributed by atoms with Crippen LogP contribution in [-0.4, -0.2) is 79.4 Å². The van der Waals surface area contributed by atoms with E-state index in [0.717, 1.165) is 34.3 Å². The van der Waals surface area contributed by atoms with Crippen molar-refractivity contribution >= 4 is 23.1 Å². The predicted molar refractivity (Wildman–Crippen MR) is 138 cm³/mol. The first-order chi connectivity index (χ1) is 18.6. The van der Waals surface area contributed by atoms with Crippen LogP contribution in [0.1, 0.15) is 43.7 Å². The van der Waals surface area contributed by atoms with E-state index in [1.165, 1.54) is 0 Å². The number of hydrogen-bond acceptors (Lipinski definition) is 6. The lowest BCUT2D eigenvalue weighted by atomic mass is 9.85. The Bertz CT molecular complexity index is 1410. The standard InChI is InChI=1S/C27H31F3N6O3/c1-3-31-24-33-21-10-17(13-32-23(21)34-24)16-8-15(2)22-18(9-16)14-35(6-7-39-22)25(37)36-19-4-5-20(36)12-26(38,11-19)27(28,29)30/h8-10,13,19-20,38H,3-7,11-12,14H2,1-2H3,(H2,31,32,33,34). The first-order valence-corrected chi connectivity index (χ1v) is 13.3. The van der Waals surface area contributed by atoms with E-state index >= 15 is 0 Å². The van der Waals surface area contributed by atoms with Crippen molar-refractivity contribution in [1.82, 2.24) is 24.8 Å². The van der Waals surface area contributed by atoms with Crippen molar-refractivity contribution in [2.75, 3.05) is 25.0 Å². The number of ether oxygens (including phenoxy) is 1. The number of pyridine rings is 1. The van der Waals surface area contributed by atoms with Crippen LogP contribution in [0.25, 0.3) is 22.3 Å². The third-order valence-electron chi connectivity index (χ3n) is 8.12. The molecule has 5 heterocycles. The number of aliphatic hydroxyl groups is 1. The van der Waals surface area contributed by atoms with Gasteiger partial charge in [-0.1, -0.05) is 0 Å². The minimum absolute atomic E-state index is 0.270. The molecule has 2 bridgehead atoms. The Balaban J connectivity index is 1.26. The van der Waals surface area contributed by atoms with Crippen molar-refractivity contribution < 1.29 is 27.8 Å². The van der Waals surface area contributed by atoms with Gasteiger partial charge in [0, 0.05) is 48.8 Å². The normalized spacial score (nSPS) is 24.9. The van der Waals surface area contributed by atoms with Crippen molar-refractivity contribution in [2.24, 2.45) is 0 Å². The van der Waals surface area contributed by atoms with Crippen LogP contribution in [0.2, 0.25) is 0 Å². The van der Waals surface area contributed by atoms with Crippen molar-refractivity contribution in [1.29, 1.82) is 0 Å². The summed E-state index contributed by atoms with van der Waals surface area (Å²) in [6.45, 7) is 5.54. The molecule has 2 saturated heterocycles. The highest BCUT2D eigenvalue weighted by Crippen LogP contribution is 2.48. The van der Waals surface area contributed by atoms with E-state index in [0.29, 0.717) is 36.7 Å². The fraction of sp³-hybridized carbons (Fsp3) is 0.519. The minimum Gasteiger partial charge on any atom is -0.491 e. The minimum atomic E-state index is -4.71. The molecule has 208 valence electrons. The molecule has 1 aromatic carbocycles. The van der Waals surface area contributed by atoms with Crippen LogP contribution in [0, 0.1) is 6.92 Å². The Morgan fingerprint density at radius 2 is 1.97 bits per heavy atom. The van der Waals surface area contributed by atoms with E-state index in [1.807, 2.05) is 32.0 Å². The number of aromatic amines is 1. The number of carbonyl (C=O) groups excluding carboxylic acids is 1. The first kappa shape index (κ1) is 25.7. The molecule has 3 aliphatic rings. The zero-order valence-electron chi connectivity index (χ0n) is 21.8. The number of nitrogens with zero attached hydrogens (tertiary/aromatic N) is 4. The molecule has 2 amide bonds. The maximum absolute atomic E-state index is 13.7. The second-order valence-electron chi connectivity index (χ2n) is 10.8. The van der Waals surface area contributed by atoms with Gasteiger partial charge in [0.05, 0.1) is 18.6 Å². The molecule has 6 rings (SSSR count). The molecule has 3 aliphatic heterocycles. The van der Waals surface area contributed by atoms with Gasteiger partial charge in [0.25, 0.3) is 0 Å². The highest BCUT2D eigenvalue weighted by atomic mass is 19.4. The molecular formula is C27H31F3N6O3. The van der Waals surface area contributed by atoms with Gasteiger partial charge in [0.1, 0.15) is 12.4 Å². The summed E-state index contributed by atoms with van der Waals surface area (Å²) in [5.41, 5.74) is 2.19. The lowest BCUT2D eigenvalue weighted by Gasteiger charge is -2.45. The molecule has 2 fully saturated rings. The van der Waals surface area contributed by atoms with Crippen molar-refractivity contribution in [3.05, 3.63) is 35.5 Å². The van der Waals surface area contributed by atoms with Gasteiger partial charge >= 0.3 is 12.2 Å². The number of nitrogens with one attached hydrogen (secondary N) is 2. The molecule has 0 aliphatic carbocycles. The van der Waals surface area contributed by atoms with Crippen molar-refractivity contribution in [3.8, 4) is 16.9 Å². The van der Waals surface area contributed by atoms with Gasteiger partial charge in [-0.2, -0.15) is 18.2 Å². The Kier molecular flexibility index (Phi) is 6.12. The third-order valence-corrected chi connectivity index (χ3v) is 8.12. The Hall–Kier alpha value is -3.54. The molecule has 3 N–H and O–H groups in total. The number of hydrogen-bond donors (Lipinski definition) is 3. The van der Waals surface area contributed by atoms with E-state index < -0.39 is 36.7 Å². The number of rotatable bonds is 3. The molecule has 2 unspecified atom stereocenters. The summed E-state index contributed by atoms with van der Waals surface area (Å²) in [5, 5.41) is 13.5. The summed E-state index contributed by atoms with van der Waals surface area (Å²) >= 11 is 0. The van der Waals surface area contributed by atoms with Gasteiger partial charge in [0.2, 0.25) is 5.95 Å². The fourth-order valence-electron chi connectivity index (χ4n) is 6.28. The Morgan fingerprint density at radius 3 is 2.67 bits per heavy atom. The third kappa shape index (κ3) is 4.44. The SMILES string of the molecule is CCNc1nc2ncc(-c3cc(C)c4c(c3)CN(C(=O)N3C5CCC3CC(O)(C(F)(F)F)C5)CCO4)cc2[nH]1. The number of H-pyrrole nitrogens is 1. The lowest BCUT2D eigenvalue weighted by Crippen LogP contribution is -2.60. The average molecular weight is 545 g/mol. The van der Waals surface area contributed by atoms with E-state index in [2.05, 4.69) is 20.3 Å². The van der Waals surface area contributed by atoms with Crippen LogP contribution in [-0.2, 0) is 6.54 Å². The quantitative estimate of drug-likeness (QED) is 0.445. The van der Waals surface area contributed by atoms with Crippen LogP contribution in [0.4, 0.5) is 23.9 Å². The van der Waals surface area contributed by atoms with Crippen molar-refractivity contribution in [2.45, 2.75) is 69.9 Å². The first-order valence-electron chi connectivity index (χ1n) is 13.3. The van der Waals surface area contributed by atoms with E-state index in [4.69, 9.17) is 4.74 Å². The molecule has 2 atom stereocenters. The van der Waals surface area contributed by atoms with Crippen LogP contribution in [0.5, 0.6) is 5.75 Å². The van der Waals surface area contributed by atoms with E-state index in [9.17, 15) is 23.1 Å². The Morgan fingerprint density at radius 1 is 1.23 bits per heavy atom. The van der Waals surface area contributed by atoms with Crippen LogP contribution >= 0.6 is 0 Å². The number of urea groups is 1. The number of halogens is 3. The number of imidazole rings is 1. The molecule has 9 nitrogen and oxygen atoms in total. The molecule has 39 heavy (non-hydrogen) atoms. The molecule has 0 saturated carbocycles. The van der Waals surface area contributed by atoms with E-state index in [-0.39, 0.29) is 19.2 Å². The topological polar surface area (TPSA) is 107 Å². The average Bonchev–Trinajstić information content (AvgIpc) is 3.31. The smallest absolute Gasteiger partial charge is 0.417 e. The highest BCUT2D eigenvalue weighted by Gasteiger charge is 2.61. The molecule has 2 aromatic heterocycles. The zero-order chi connectivity index (χ0) is 27.5.